The first-order chi connectivity index (χ1) is 10.0. The van der Waals surface area contributed by atoms with Gasteiger partial charge >= 0.3 is 0 Å². The molecule has 2 aliphatic heterocycles. The maximum Gasteiger partial charge on any atom is 0.0510 e. The van der Waals surface area contributed by atoms with Crippen LogP contribution in [0.15, 0.2) is 0 Å². The number of rotatable bonds is 6. The maximum atomic E-state index is 5.60. The SMILES string of the molecule is CCCNC(CN1CCN(C(C)(C)C)CC1)C1CCOC1. The van der Waals surface area contributed by atoms with Crippen LogP contribution in [-0.2, 0) is 4.74 Å². The molecule has 4 heteroatoms. The van der Waals surface area contributed by atoms with Gasteiger partial charge in [0.15, 0.2) is 0 Å². The molecular weight excluding hydrogens is 262 g/mol. The van der Waals surface area contributed by atoms with E-state index in [0.29, 0.717) is 17.5 Å². The average molecular weight is 297 g/mol. The second-order valence-electron chi connectivity index (χ2n) is 7.64. The summed E-state index contributed by atoms with van der Waals surface area (Å²) in [4.78, 5) is 5.25. The Hall–Kier alpha value is -0.160. The van der Waals surface area contributed by atoms with Gasteiger partial charge in [0.1, 0.15) is 0 Å². The van der Waals surface area contributed by atoms with Crippen LogP contribution >= 0.6 is 0 Å². The zero-order valence-electron chi connectivity index (χ0n) is 14.5. The minimum Gasteiger partial charge on any atom is -0.381 e. The van der Waals surface area contributed by atoms with Crippen molar-refractivity contribution in [2.45, 2.75) is 52.1 Å². The Morgan fingerprint density at radius 3 is 2.43 bits per heavy atom. The highest BCUT2D eigenvalue weighted by atomic mass is 16.5. The molecule has 2 saturated heterocycles. The highest BCUT2D eigenvalue weighted by Gasteiger charge is 2.30. The minimum atomic E-state index is 0.311. The zero-order valence-corrected chi connectivity index (χ0v) is 14.5. The normalized spacial score (nSPS) is 27.1. The summed E-state index contributed by atoms with van der Waals surface area (Å²) in [5.41, 5.74) is 0.311. The molecule has 2 rings (SSSR count). The standard InChI is InChI=1S/C17H35N3O/c1-5-7-18-16(15-6-12-21-14-15)13-19-8-10-20(11-9-19)17(2,3)4/h15-16,18H,5-14H2,1-4H3. The summed E-state index contributed by atoms with van der Waals surface area (Å²) < 4.78 is 5.60. The van der Waals surface area contributed by atoms with E-state index in [4.69, 9.17) is 4.74 Å². The molecular formula is C17H35N3O. The summed E-state index contributed by atoms with van der Waals surface area (Å²) in [7, 11) is 0. The van der Waals surface area contributed by atoms with Crippen LogP contribution in [0.1, 0.15) is 40.5 Å². The van der Waals surface area contributed by atoms with Gasteiger partial charge in [0.05, 0.1) is 6.61 Å². The fourth-order valence-electron chi connectivity index (χ4n) is 3.46. The molecule has 0 amide bonds. The van der Waals surface area contributed by atoms with E-state index in [2.05, 4.69) is 42.8 Å². The van der Waals surface area contributed by atoms with E-state index in [9.17, 15) is 0 Å². The van der Waals surface area contributed by atoms with E-state index < -0.39 is 0 Å². The third-order valence-electron chi connectivity index (χ3n) is 4.97. The van der Waals surface area contributed by atoms with Crippen LogP contribution in [0.25, 0.3) is 0 Å². The van der Waals surface area contributed by atoms with Crippen molar-refractivity contribution in [3.63, 3.8) is 0 Å². The van der Waals surface area contributed by atoms with Gasteiger partial charge in [-0.15, -0.1) is 0 Å². The number of hydrogen-bond donors (Lipinski definition) is 1. The van der Waals surface area contributed by atoms with Crippen molar-refractivity contribution in [3.8, 4) is 0 Å². The molecule has 0 aromatic heterocycles. The number of piperazine rings is 1. The van der Waals surface area contributed by atoms with Gasteiger partial charge in [0, 0.05) is 56.8 Å². The Bertz CT molecular complexity index is 289. The first-order valence-corrected chi connectivity index (χ1v) is 8.79. The van der Waals surface area contributed by atoms with Crippen molar-refractivity contribution in [1.29, 1.82) is 0 Å². The molecule has 124 valence electrons. The zero-order chi connectivity index (χ0) is 15.3. The molecule has 0 spiro atoms. The predicted octanol–water partition coefficient (Wildman–Crippen LogP) is 1.81. The van der Waals surface area contributed by atoms with Gasteiger partial charge in [-0.2, -0.15) is 0 Å². The van der Waals surface area contributed by atoms with Gasteiger partial charge in [-0.3, -0.25) is 9.80 Å². The van der Waals surface area contributed by atoms with Crippen LogP contribution in [0.3, 0.4) is 0 Å². The van der Waals surface area contributed by atoms with E-state index in [-0.39, 0.29) is 0 Å². The third-order valence-corrected chi connectivity index (χ3v) is 4.97. The fraction of sp³-hybridized carbons (Fsp3) is 1.00. The van der Waals surface area contributed by atoms with Crippen LogP contribution in [0.4, 0.5) is 0 Å². The maximum absolute atomic E-state index is 5.60. The minimum absolute atomic E-state index is 0.311. The molecule has 0 bridgehead atoms. The van der Waals surface area contributed by atoms with Crippen molar-refractivity contribution in [2.24, 2.45) is 5.92 Å². The van der Waals surface area contributed by atoms with Crippen LogP contribution < -0.4 is 5.32 Å². The van der Waals surface area contributed by atoms with Gasteiger partial charge in [-0.1, -0.05) is 6.92 Å². The molecule has 2 unspecified atom stereocenters. The second-order valence-corrected chi connectivity index (χ2v) is 7.64. The third kappa shape index (κ3) is 5.20. The van der Waals surface area contributed by atoms with Gasteiger partial charge in [0.25, 0.3) is 0 Å². The smallest absolute Gasteiger partial charge is 0.0510 e. The quantitative estimate of drug-likeness (QED) is 0.809. The Kier molecular flexibility index (Phi) is 6.48. The Labute approximate surface area is 131 Å². The van der Waals surface area contributed by atoms with Crippen LogP contribution in [0.2, 0.25) is 0 Å². The van der Waals surface area contributed by atoms with Crippen molar-refractivity contribution < 1.29 is 4.74 Å². The van der Waals surface area contributed by atoms with E-state index in [1.54, 1.807) is 0 Å². The monoisotopic (exact) mass is 297 g/mol. The first kappa shape index (κ1) is 17.2. The molecule has 0 aromatic carbocycles. The van der Waals surface area contributed by atoms with Gasteiger partial charge in [-0.25, -0.2) is 0 Å². The molecule has 0 aromatic rings. The lowest BCUT2D eigenvalue weighted by atomic mass is 9.97. The molecule has 4 nitrogen and oxygen atoms in total. The summed E-state index contributed by atoms with van der Waals surface area (Å²) in [5.74, 6) is 0.706. The molecule has 2 aliphatic rings. The number of nitrogens with zero attached hydrogens (tertiary/aromatic N) is 2. The van der Waals surface area contributed by atoms with Gasteiger partial charge < -0.3 is 10.1 Å². The van der Waals surface area contributed by atoms with Gasteiger partial charge in [-0.05, 0) is 40.2 Å². The molecule has 0 saturated carbocycles. The van der Waals surface area contributed by atoms with E-state index in [1.807, 2.05) is 0 Å². The first-order valence-electron chi connectivity index (χ1n) is 8.79. The number of hydrogen-bond acceptors (Lipinski definition) is 4. The predicted molar refractivity (Wildman–Crippen MR) is 88.8 cm³/mol. The molecule has 21 heavy (non-hydrogen) atoms. The Morgan fingerprint density at radius 1 is 1.19 bits per heavy atom. The Morgan fingerprint density at radius 2 is 1.90 bits per heavy atom. The van der Waals surface area contributed by atoms with E-state index in [0.717, 1.165) is 19.8 Å². The Balaban J connectivity index is 1.80. The highest BCUT2D eigenvalue weighted by Crippen LogP contribution is 2.20. The summed E-state index contributed by atoms with van der Waals surface area (Å²) >= 11 is 0. The summed E-state index contributed by atoms with van der Waals surface area (Å²) in [6, 6.07) is 0.605. The molecule has 1 N–H and O–H groups in total. The second kappa shape index (κ2) is 7.91. The number of ether oxygens (including phenoxy) is 1. The van der Waals surface area contributed by atoms with E-state index >= 15 is 0 Å². The summed E-state index contributed by atoms with van der Waals surface area (Å²) in [5, 5.41) is 3.76. The van der Waals surface area contributed by atoms with E-state index in [1.165, 1.54) is 45.6 Å². The van der Waals surface area contributed by atoms with Crippen molar-refractivity contribution in [1.82, 2.24) is 15.1 Å². The van der Waals surface area contributed by atoms with Crippen LogP contribution in [0, 0.1) is 5.92 Å². The largest absolute Gasteiger partial charge is 0.381 e. The van der Waals surface area contributed by atoms with Crippen molar-refractivity contribution in [2.75, 3.05) is 52.5 Å². The molecule has 0 aliphatic carbocycles. The lowest BCUT2D eigenvalue weighted by molar-refractivity contribution is 0.0535. The topological polar surface area (TPSA) is 27.7 Å². The van der Waals surface area contributed by atoms with Crippen LogP contribution in [-0.4, -0.2) is 73.9 Å². The number of nitrogens with one attached hydrogen (secondary N) is 1. The summed E-state index contributed by atoms with van der Waals surface area (Å²) in [6.07, 6.45) is 2.44. The molecule has 0 radical (unpaired) electrons. The van der Waals surface area contributed by atoms with Crippen molar-refractivity contribution >= 4 is 0 Å². The summed E-state index contributed by atoms with van der Waals surface area (Å²) in [6.45, 7) is 18.2. The van der Waals surface area contributed by atoms with Crippen molar-refractivity contribution in [3.05, 3.63) is 0 Å². The lowest BCUT2D eigenvalue weighted by Gasteiger charge is -2.43. The lowest BCUT2D eigenvalue weighted by Crippen LogP contribution is -2.56. The fourth-order valence-corrected chi connectivity index (χ4v) is 3.46. The molecule has 2 fully saturated rings. The van der Waals surface area contributed by atoms with Crippen LogP contribution in [0.5, 0.6) is 0 Å². The van der Waals surface area contributed by atoms with Gasteiger partial charge in [0.2, 0.25) is 0 Å². The molecule has 2 heterocycles. The average Bonchev–Trinajstić information content (AvgIpc) is 2.97. The molecule has 2 atom stereocenters. The highest BCUT2D eigenvalue weighted by molar-refractivity contribution is 4.86.